The molecule has 0 aliphatic carbocycles. The summed E-state index contributed by atoms with van der Waals surface area (Å²) in [6.45, 7) is 2.10. The number of nitrogens with zero attached hydrogens (tertiary/aromatic N) is 1. The van der Waals surface area contributed by atoms with Gasteiger partial charge in [-0.3, -0.25) is 4.98 Å². The molecule has 2 rings (SSSR count). The molecule has 1 saturated heterocycles. The van der Waals surface area contributed by atoms with E-state index in [1.807, 2.05) is 12.4 Å². The molecule has 0 bridgehead atoms. The molecule has 0 radical (unpaired) electrons. The van der Waals surface area contributed by atoms with E-state index in [4.69, 9.17) is 0 Å². The molecular formula is C12H18N2S. The number of hydrogen-bond acceptors (Lipinski definition) is 3. The summed E-state index contributed by atoms with van der Waals surface area (Å²) in [5.41, 5.74) is 2.59. The minimum absolute atomic E-state index is 0.479. The average molecular weight is 222 g/mol. The van der Waals surface area contributed by atoms with Crippen LogP contribution >= 0.6 is 11.8 Å². The van der Waals surface area contributed by atoms with Crippen molar-refractivity contribution in [3.63, 3.8) is 0 Å². The second kappa shape index (κ2) is 4.99. The van der Waals surface area contributed by atoms with Crippen molar-refractivity contribution in [1.29, 1.82) is 0 Å². The van der Waals surface area contributed by atoms with Crippen LogP contribution in [0, 0.1) is 12.8 Å². The zero-order valence-corrected chi connectivity index (χ0v) is 10.2. The normalized spacial score (nSPS) is 22.9. The summed E-state index contributed by atoms with van der Waals surface area (Å²) in [5, 5.41) is 3.43. The summed E-state index contributed by atoms with van der Waals surface area (Å²) in [6, 6.07) is 2.73. The lowest BCUT2D eigenvalue weighted by molar-refractivity contribution is 0.419. The molecular weight excluding hydrogens is 204 g/mol. The van der Waals surface area contributed by atoms with E-state index in [1.54, 1.807) is 0 Å². The Morgan fingerprint density at radius 3 is 3.00 bits per heavy atom. The van der Waals surface area contributed by atoms with E-state index in [0.717, 1.165) is 5.92 Å². The molecule has 15 heavy (non-hydrogen) atoms. The van der Waals surface area contributed by atoms with Crippen LogP contribution in [-0.2, 0) is 0 Å². The van der Waals surface area contributed by atoms with Crippen LogP contribution in [-0.4, -0.2) is 23.5 Å². The van der Waals surface area contributed by atoms with E-state index >= 15 is 0 Å². The molecule has 3 heteroatoms. The number of rotatable bonds is 3. The monoisotopic (exact) mass is 222 g/mol. The van der Waals surface area contributed by atoms with Crippen LogP contribution in [0.4, 0.5) is 0 Å². The Morgan fingerprint density at radius 1 is 1.53 bits per heavy atom. The van der Waals surface area contributed by atoms with Crippen LogP contribution in [0.25, 0.3) is 0 Å². The molecule has 2 unspecified atom stereocenters. The second-order valence-corrected chi connectivity index (χ2v) is 5.34. The molecule has 0 amide bonds. The number of pyridine rings is 1. The highest BCUT2D eigenvalue weighted by molar-refractivity contribution is 7.99. The Bertz CT molecular complexity index is 321. The first-order valence-electron chi connectivity index (χ1n) is 5.48. The van der Waals surface area contributed by atoms with E-state index in [0.29, 0.717) is 6.04 Å². The topological polar surface area (TPSA) is 24.9 Å². The van der Waals surface area contributed by atoms with E-state index < -0.39 is 0 Å². The van der Waals surface area contributed by atoms with Crippen LogP contribution < -0.4 is 5.32 Å². The van der Waals surface area contributed by atoms with E-state index in [9.17, 15) is 0 Å². The van der Waals surface area contributed by atoms with Gasteiger partial charge in [-0.2, -0.15) is 11.8 Å². The van der Waals surface area contributed by atoms with Gasteiger partial charge in [0, 0.05) is 18.4 Å². The highest BCUT2D eigenvalue weighted by Gasteiger charge is 2.25. The van der Waals surface area contributed by atoms with Crippen molar-refractivity contribution in [2.75, 3.05) is 18.6 Å². The van der Waals surface area contributed by atoms with Gasteiger partial charge in [0.1, 0.15) is 0 Å². The average Bonchev–Trinajstić information content (AvgIpc) is 2.72. The zero-order chi connectivity index (χ0) is 10.7. The molecule has 2 nitrogen and oxygen atoms in total. The third-order valence-corrected chi connectivity index (χ3v) is 4.19. The van der Waals surface area contributed by atoms with Crippen LogP contribution in [0.2, 0.25) is 0 Å². The molecule has 2 atom stereocenters. The van der Waals surface area contributed by atoms with Gasteiger partial charge in [0.15, 0.2) is 0 Å². The number of aromatic nitrogens is 1. The molecule has 1 fully saturated rings. The second-order valence-electron chi connectivity index (χ2n) is 4.19. The van der Waals surface area contributed by atoms with Gasteiger partial charge in [0.25, 0.3) is 0 Å². The van der Waals surface area contributed by atoms with Crippen LogP contribution in [0.3, 0.4) is 0 Å². The van der Waals surface area contributed by atoms with Gasteiger partial charge < -0.3 is 5.32 Å². The minimum atomic E-state index is 0.479. The smallest absolute Gasteiger partial charge is 0.0369 e. The third-order valence-electron chi connectivity index (χ3n) is 3.00. The largest absolute Gasteiger partial charge is 0.313 e. The SMILES string of the molecule is CNC(c1cncc(C)c1)C1CCSC1. The Morgan fingerprint density at radius 2 is 2.40 bits per heavy atom. The first-order valence-corrected chi connectivity index (χ1v) is 6.63. The molecule has 2 heterocycles. The summed E-state index contributed by atoms with van der Waals surface area (Å²) in [5.74, 6) is 3.35. The molecule has 1 aliphatic rings. The van der Waals surface area contributed by atoms with Gasteiger partial charge in [-0.25, -0.2) is 0 Å². The minimum Gasteiger partial charge on any atom is -0.313 e. The van der Waals surface area contributed by atoms with Crippen molar-refractivity contribution in [3.05, 3.63) is 29.6 Å². The molecule has 1 aliphatic heterocycles. The molecule has 1 aromatic rings. The van der Waals surface area contributed by atoms with Crippen molar-refractivity contribution in [2.45, 2.75) is 19.4 Å². The summed E-state index contributed by atoms with van der Waals surface area (Å²) < 4.78 is 0. The fourth-order valence-corrected chi connectivity index (χ4v) is 3.54. The van der Waals surface area contributed by atoms with Gasteiger partial charge in [0.2, 0.25) is 0 Å². The number of thioether (sulfide) groups is 1. The highest BCUT2D eigenvalue weighted by atomic mass is 32.2. The predicted molar refractivity (Wildman–Crippen MR) is 66.2 cm³/mol. The zero-order valence-electron chi connectivity index (χ0n) is 9.36. The lowest BCUT2D eigenvalue weighted by atomic mass is 9.93. The standard InChI is InChI=1S/C12H18N2S/c1-9-5-11(7-14-6-9)12(13-2)10-3-4-15-8-10/h5-7,10,12-13H,3-4,8H2,1-2H3. The van der Waals surface area contributed by atoms with Gasteiger partial charge in [-0.15, -0.1) is 0 Å². The van der Waals surface area contributed by atoms with E-state index in [2.05, 4.69) is 42.1 Å². The van der Waals surface area contributed by atoms with Crippen molar-refractivity contribution >= 4 is 11.8 Å². The molecule has 0 saturated carbocycles. The summed E-state index contributed by atoms with van der Waals surface area (Å²) in [7, 11) is 2.05. The lowest BCUT2D eigenvalue weighted by Crippen LogP contribution is -2.25. The molecule has 1 aromatic heterocycles. The summed E-state index contributed by atoms with van der Waals surface area (Å²) >= 11 is 2.06. The van der Waals surface area contributed by atoms with Crippen molar-refractivity contribution in [1.82, 2.24) is 10.3 Å². The number of hydrogen-bond donors (Lipinski definition) is 1. The van der Waals surface area contributed by atoms with Crippen LogP contribution in [0.1, 0.15) is 23.6 Å². The maximum Gasteiger partial charge on any atom is 0.0369 e. The quantitative estimate of drug-likeness (QED) is 0.850. The Kier molecular flexibility index (Phi) is 3.65. The Hall–Kier alpha value is -0.540. The Balaban J connectivity index is 2.18. The van der Waals surface area contributed by atoms with Crippen LogP contribution in [0.15, 0.2) is 18.5 Å². The highest BCUT2D eigenvalue weighted by Crippen LogP contribution is 2.33. The number of aryl methyl sites for hydroxylation is 1. The van der Waals surface area contributed by atoms with E-state index in [-0.39, 0.29) is 0 Å². The lowest BCUT2D eigenvalue weighted by Gasteiger charge is -2.22. The fourth-order valence-electron chi connectivity index (χ4n) is 2.24. The number of nitrogens with one attached hydrogen (secondary N) is 1. The van der Waals surface area contributed by atoms with Crippen molar-refractivity contribution in [3.8, 4) is 0 Å². The predicted octanol–water partition coefficient (Wildman–Crippen LogP) is 2.40. The van der Waals surface area contributed by atoms with Crippen molar-refractivity contribution < 1.29 is 0 Å². The maximum absolute atomic E-state index is 4.28. The summed E-state index contributed by atoms with van der Waals surface area (Å²) in [4.78, 5) is 4.28. The van der Waals surface area contributed by atoms with E-state index in [1.165, 1.54) is 29.1 Å². The fraction of sp³-hybridized carbons (Fsp3) is 0.583. The Labute approximate surface area is 95.9 Å². The maximum atomic E-state index is 4.28. The molecule has 0 spiro atoms. The van der Waals surface area contributed by atoms with Gasteiger partial charge in [-0.1, -0.05) is 6.07 Å². The van der Waals surface area contributed by atoms with Gasteiger partial charge in [0.05, 0.1) is 0 Å². The van der Waals surface area contributed by atoms with Gasteiger partial charge in [-0.05, 0) is 48.9 Å². The van der Waals surface area contributed by atoms with Crippen molar-refractivity contribution in [2.24, 2.45) is 5.92 Å². The molecule has 82 valence electrons. The first-order chi connectivity index (χ1) is 7.31. The molecule has 0 aromatic carbocycles. The summed E-state index contributed by atoms with van der Waals surface area (Å²) in [6.07, 6.45) is 5.24. The van der Waals surface area contributed by atoms with Crippen LogP contribution in [0.5, 0.6) is 0 Å². The van der Waals surface area contributed by atoms with Gasteiger partial charge >= 0.3 is 0 Å². The molecule has 1 N–H and O–H groups in total. The third kappa shape index (κ3) is 2.52. The first kappa shape index (κ1) is 11.0.